The highest BCUT2D eigenvalue weighted by atomic mass is 14.2. The van der Waals surface area contributed by atoms with Crippen molar-refractivity contribution in [2.24, 2.45) is 0 Å². The molecule has 0 bridgehead atoms. The summed E-state index contributed by atoms with van der Waals surface area (Å²) in [4.78, 5) is 0. The van der Waals surface area contributed by atoms with E-state index in [9.17, 15) is 5.26 Å². The monoisotopic (exact) mass is 219 g/mol. The first-order valence-electron chi connectivity index (χ1n) is 5.54. The third-order valence-electron chi connectivity index (χ3n) is 2.67. The van der Waals surface area contributed by atoms with Crippen LogP contribution in [0.2, 0.25) is 0 Å². The molecule has 2 aromatic rings. The third-order valence-corrected chi connectivity index (χ3v) is 2.67. The fourth-order valence-electron chi connectivity index (χ4n) is 1.85. The molecule has 0 atom stereocenters. The first-order chi connectivity index (χ1) is 8.35. The Balaban J connectivity index is 2.49. The van der Waals surface area contributed by atoms with Crippen LogP contribution >= 0.6 is 0 Å². The zero-order valence-electron chi connectivity index (χ0n) is 9.56. The molecule has 0 radical (unpaired) electrons. The van der Waals surface area contributed by atoms with Crippen molar-refractivity contribution in [1.29, 1.82) is 5.26 Å². The maximum atomic E-state index is 9.20. The molecule has 0 aromatic heterocycles. The Morgan fingerprint density at radius 2 is 1.88 bits per heavy atom. The van der Waals surface area contributed by atoms with Crippen LogP contribution in [-0.2, 0) is 6.42 Å². The van der Waals surface area contributed by atoms with Crippen molar-refractivity contribution in [1.82, 2.24) is 0 Å². The summed E-state index contributed by atoms with van der Waals surface area (Å²) in [5, 5.41) is 9.20. The Kier molecular flexibility index (Phi) is 3.37. The Bertz CT molecular complexity index is 562. The van der Waals surface area contributed by atoms with Gasteiger partial charge in [0.2, 0.25) is 0 Å². The Hall–Kier alpha value is -2.33. The molecule has 0 aliphatic rings. The van der Waals surface area contributed by atoms with Crippen molar-refractivity contribution in [2.75, 3.05) is 0 Å². The lowest BCUT2D eigenvalue weighted by atomic mass is 9.97. The quantitative estimate of drug-likeness (QED) is 0.717. The molecule has 0 heterocycles. The van der Waals surface area contributed by atoms with E-state index in [0.717, 1.165) is 28.7 Å². The van der Waals surface area contributed by atoms with Gasteiger partial charge in [-0.05, 0) is 29.2 Å². The summed E-state index contributed by atoms with van der Waals surface area (Å²) in [5.74, 6) is 0. The number of hydrogen-bond acceptors (Lipinski definition) is 1. The molecule has 1 nitrogen and oxygen atoms in total. The molecule has 0 saturated heterocycles. The van der Waals surface area contributed by atoms with E-state index in [0.29, 0.717) is 0 Å². The number of allylic oxidation sites excluding steroid dienone is 1. The Labute approximate surface area is 102 Å². The van der Waals surface area contributed by atoms with Crippen LogP contribution in [0.3, 0.4) is 0 Å². The van der Waals surface area contributed by atoms with Crippen molar-refractivity contribution in [3.05, 3.63) is 72.3 Å². The summed E-state index contributed by atoms with van der Waals surface area (Å²) >= 11 is 0. The van der Waals surface area contributed by atoms with Crippen molar-refractivity contribution in [3.8, 4) is 17.2 Å². The van der Waals surface area contributed by atoms with Gasteiger partial charge >= 0.3 is 0 Å². The summed E-state index contributed by atoms with van der Waals surface area (Å²) in [6.45, 7) is 3.71. The van der Waals surface area contributed by atoms with E-state index < -0.39 is 0 Å². The lowest BCUT2D eigenvalue weighted by Crippen LogP contribution is -1.88. The number of nitrogens with zero attached hydrogens (tertiary/aromatic N) is 1. The van der Waals surface area contributed by atoms with Gasteiger partial charge in [-0.15, -0.1) is 6.58 Å². The minimum atomic E-state index is 0.718. The average Bonchev–Trinajstić information content (AvgIpc) is 2.40. The van der Waals surface area contributed by atoms with Gasteiger partial charge in [-0.3, -0.25) is 0 Å². The summed E-state index contributed by atoms with van der Waals surface area (Å²) < 4.78 is 0. The van der Waals surface area contributed by atoms with Crippen molar-refractivity contribution in [2.45, 2.75) is 6.42 Å². The molecule has 0 amide bonds. The second-order valence-electron chi connectivity index (χ2n) is 3.85. The van der Waals surface area contributed by atoms with E-state index in [-0.39, 0.29) is 0 Å². The van der Waals surface area contributed by atoms with Gasteiger partial charge in [-0.1, -0.05) is 48.5 Å². The van der Waals surface area contributed by atoms with Crippen LogP contribution in [0.15, 0.2) is 61.2 Å². The maximum Gasteiger partial charge on any atom is 0.0998 e. The smallest absolute Gasteiger partial charge is 0.0998 e. The fraction of sp³-hybridized carbons (Fsp3) is 0.0625. The summed E-state index contributed by atoms with van der Waals surface area (Å²) in [5.41, 5.74) is 3.90. The largest absolute Gasteiger partial charge is 0.192 e. The molecule has 0 unspecified atom stereocenters. The molecule has 0 aliphatic carbocycles. The molecule has 2 aromatic carbocycles. The molecule has 0 spiro atoms. The van der Waals surface area contributed by atoms with E-state index in [2.05, 4.69) is 12.6 Å². The molecule has 0 saturated carbocycles. The normalized spacial score (nSPS) is 9.59. The van der Waals surface area contributed by atoms with Gasteiger partial charge in [-0.2, -0.15) is 5.26 Å². The van der Waals surface area contributed by atoms with Crippen LogP contribution in [-0.4, -0.2) is 0 Å². The van der Waals surface area contributed by atoms with Gasteiger partial charge in [0.15, 0.2) is 0 Å². The van der Waals surface area contributed by atoms with E-state index >= 15 is 0 Å². The standard InChI is InChI=1S/C16H13N/c1-2-6-13-9-10-16(15(11-13)12-17)14-7-4-3-5-8-14/h2-5,7-11H,1,6H2. The Morgan fingerprint density at radius 3 is 2.53 bits per heavy atom. The molecular formula is C16H13N. The van der Waals surface area contributed by atoms with Crippen LogP contribution in [0.5, 0.6) is 0 Å². The van der Waals surface area contributed by atoms with Gasteiger partial charge in [0.25, 0.3) is 0 Å². The van der Waals surface area contributed by atoms with Crippen LogP contribution in [0.25, 0.3) is 11.1 Å². The molecule has 1 heteroatoms. The van der Waals surface area contributed by atoms with Crippen molar-refractivity contribution >= 4 is 0 Å². The predicted octanol–water partition coefficient (Wildman–Crippen LogP) is 3.95. The summed E-state index contributed by atoms with van der Waals surface area (Å²) in [6, 6.07) is 18.2. The summed E-state index contributed by atoms with van der Waals surface area (Å²) in [7, 11) is 0. The van der Waals surface area contributed by atoms with Crippen molar-refractivity contribution < 1.29 is 0 Å². The second kappa shape index (κ2) is 5.14. The van der Waals surface area contributed by atoms with Crippen LogP contribution < -0.4 is 0 Å². The molecular weight excluding hydrogens is 206 g/mol. The topological polar surface area (TPSA) is 23.8 Å². The minimum Gasteiger partial charge on any atom is -0.192 e. The van der Waals surface area contributed by atoms with Crippen LogP contribution in [0, 0.1) is 11.3 Å². The minimum absolute atomic E-state index is 0.718. The summed E-state index contributed by atoms with van der Waals surface area (Å²) in [6.07, 6.45) is 2.64. The molecule has 0 fully saturated rings. The fourth-order valence-corrected chi connectivity index (χ4v) is 1.85. The molecule has 17 heavy (non-hydrogen) atoms. The molecule has 82 valence electrons. The highest BCUT2D eigenvalue weighted by molar-refractivity contribution is 5.70. The van der Waals surface area contributed by atoms with Crippen molar-refractivity contribution in [3.63, 3.8) is 0 Å². The highest BCUT2D eigenvalue weighted by Gasteiger charge is 2.04. The van der Waals surface area contributed by atoms with E-state index in [1.807, 2.05) is 54.6 Å². The average molecular weight is 219 g/mol. The van der Waals surface area contributed by atoms with E-state index in [1.165, 1.54) is 0 Å². The Morgan fingerprint density at radius 1 is 1.12 bits per heavy atom. The second-order valence-corrected chi connectivity index (χ2v) is 3.85. The number of hydrogen-bond donors (Lipinski definition) is 0. The van der Waals surface area contributed by atoms with E-state index in [4.69, 9.17) is 0 Å². The van der Waals surface area contributed by atoms with Gasteiger partial charge in [-0.25, -0.2) is 0 Å². The lowest BCUT2D eigenvalue weighted by molar-refractivity contribution is 1.27. The predicted molar refractivity (Wildman–Crippen MR) is 70.5 cm³/mol. The first-order valence-corrected chi connectivity index (χ1v) is 5.54. The zero-order chi connectivity index (χ0) is 12.1. The molecule has 0 N–H and O–H groups in total. The zero-order valence-corrected chi connectivity index (χ0v) is 9.56. The van der Waals surface area contributed by atoms with Gasteiger partial charge in [0.05, 0.1) is 11.6 Å². The highest BCUT2D eigenvalue weighted by Crippen LogP contribution is 2.24. The maximum absolute atomic E-state index is 9.20. The number of benzene rings is 2. The lowest BCUT2D eigenvalue weighted by Gasteiger charge is -2.06. The number of nitriles is 1. The number of rotatable bonds is 3. The van der Waals surface area contributed by atoms with Gasteiger partial charge < -0.3 is 0 Å². The molecule has 0 aliphatic heterocycles. The van der Waals surface area contributed by atoms with E-state index in [1.54, 1.807) is 0 Å². The van der Waals surface area contributed by atoms with Gasteiger partial charge in [0.1, 0.15) is 0 Å². The molecule has 2 rings (SSSR count). The van der Waals surface area contributed by atoms with Crippen LogP contribution in [0.4, 0.5) is 0 Å². The first kappa shape index (κ1) is 11.2. The van der Waals surface area contributed by atoms with Crippen LogP contribution in [0.1, 0.15) is 11.1 Å². The van der Waals surface area contributed by atoms with Gasteiger partial charge in [0, 0.05) is 0 Å². The third kappa shape index (κ3) is 2.43. The SMILES string of the molecule is C=CCc1ccc(-c2ccccc2)c(C#N)c1.